The molecule has 0 radical (unpaired) electrons. The summed E-state index contributed by atoms with van der Waals surface area (Å²) >= 11 is 0. The fraction of sp³-hybridized carbons (Fsp3) is 0.421. The summed E-state index contributed by atoms with van der Waals surface area (Å²) < 4.78 is 59.6. The highest BCUT2D eigenvalue weighted by atomic mass is 19.4. The summed E-state index contributed by atoms with van der Waals surface area (Å²) in [5.41, 5.74) is -0.447. The Kier molecular flexibility index (Phi) is 6.11. The standard InChI is InChI=1S/C19H19F4N3O4/c1-9-5-11(9)17-24-13(7-16(27)26-17)18(28)25-14(8-29-2)10-3-4-15(12(20)6-10)30-19(21,22)23/h3-4,6-7,9,11,14H,5,8H2,1-2H3,(H,25,28)(H,24,26,27). The van der Waals surface area contributed by atoms with Gasteiger partial charge in [0.2, 0.25) is 0 Å². The number of carbonyl (C=O) groups excluding carboxylic acids is 1. The van der Waals surface area contributed by atoms with Gasteiger partial charge in [-0.2, -0.15) is 0 Å². The minimum Gasteiger partial charge on any atom is -0.403 e. The number of halogens is 4. The Bertz CT molecular complexity index is 992. The Hall–Kier alpha value is -2.95. The second-order valence-corrected chi connectivity index (χ2v) is 7.05. The normalized spacial score (nSPS) is 19.3. The number of hydrogen-bond donors (Lipinski definition) is 2. The molecular formula is C19H19F4N3O4. The van der Waals surface area contributed by atoms with Crippen molar-refractivity contribution in [3.63, 3.8) is 0 Å². The third-order valence-electron chi connectivity index (χ3n) is 4.68. The van der Waals surface area contributed by atoms with E-state index in [1.54, 1.807) is 0 Å². The van der Waals surface area contributed by atoms with Gasteiger partial charge in [0.1, 0.15) is 11.5 Å². The SMILES string of the molecule is COCC(NC(=O)c1cc(=O)[nH]c(C2CC2C)n1)c1ccc(OC(F)(F)F)c(F)c1. The second-order valence-electron chi connectivity index (χ2n) is 7.05. The molecule has 30 heavy (non-hydrogen) atoms. The third-order valence-corrected chi connectivity index (χ3v) is 4.68. The van der Waals surface area contributed by atoms with Gasteiger partial charge < -0.3 is 19.8 Å². The number of H-pyrrole nitrogens is 1. The first-order valence-electron chi connectivity index (χ1n) is 9.03. The van der Waals surface area contributed by atoms with Crippen LogP contribution in [-0.2, 0) is 4.74 Å². The molecule has 1 aliphatic rings. The van der Waals surface area contributed by atoms with E-state index in [1.165, 1.54) is 13.2 Å². The number of aromatic amines is 1. The number of nitrogens with one attached hydrogen (secondary N) is 2. The lowest BCUT2D eigenvalue weighted by Crippen LogP contribution is -2.33. The Morgan fingerprint density at radius 2 is 2.07 bits per heavy atom. The predicted molar refractivity (Wildman–Crippen MR) is 96.5 cm³/mol. The molecule has 1 fully saturated rings. The maximum Gasteiger partial charge on any atom is 0.573 e. The van der Waals surface area contributed by atoms with Crippen LogP contribution in [0.5, 0.6) is 5.75 Å². The molecular weight excluding hydrogens is 410 g/mol. The van der Waals surface area contributed by atoms with Crippen molar-refractivity contribution >= 4 is 5.91 Å². The highest BCUT2D eigenvalue weighted by Crippen LogP contribution is 2.44. The number of benzene rings is 1. The van der Waals surface area contributed by atoms with Crippen molar-refractivity contribution in [2.24, 2.45) is 5.92 Å². The van der Waals surface area contributed by atoms with Gasteiger partial charge in [-0.15, -0.1) is 13.2 Å². The number of aromatic nitrogens is 2. The van der Waals surface area contributed by atoms with Crippen LogP contribution in [0.3, 0.4) is 0 Å². The van der Waals surface area contributed by atoms with Crippen molar-refractivity contribution < 1.29 is 31.8 Å². The van der Waals surface area contributed by atoms with Crippen LogP contribution in [0.1, 0.15) is 47.2 Å². The van der Waals surface area contributed by atoms with E-state index in [0.717, 1.165) is 24.6 Å². The quantitative estimate of drug-likeness (QED) is 0.660. The molecule has 0 bridgehead atoms. The van der Waals surface area contributed by atoms with Gasteiger partial charge in [0.05, 0.1) is 12.6 Å². The smallest absolute Gasteiger partial charge is 0.403 e. The van der Waals surface area contributed by atoms with Gasteiger partial charge in [0.15, 0.2) is 11.6 Å². The van der Waals surface area contributed by atoms with E-state index in [2.05, 4.69) is 20.0 Å². The summed E-state index contributed by atoms with van der Waals surface area (Å²) in [4.78, 5) is 31.3. The molecule has 1 saturated carbocycles. The molecule has 1 heterocycles. The van der Waals surface area contributed by atoms with E-state index in [4.69, 9.17) is 4.74 Å². The molecule has 3 rings (SSSR count). The number of methoxy groups -OCH3 is 1. The molecule has 0 saturated heterocycles. The number of amides is 1. The molecule has 162 valence electrons. The minimum absolute atomic E-state index is 0.0792. The summed E-state index contributed by atoms with van der Waals surface area (Å²) in [6.07, 6.45) is -4.18. The van der Waals surface area contributed by atoms with Crippen molar-refractivity contribution in [1.82, 2.24) is 15.3 Å². The lowest BCUT2D eigenvalue weighted by atomic mass is 10.1. The van der Waals surface area contributed by atoms with E-state index in [9.17, 15) is 27.2 Å². The van der Waals surface area contributed by atoms with Crippen molar-refractivity contribution in [3.05, 3.63) is 57.5 Å². The third kappa shape index (κ3) is 5.35. The molecule has 3 unspecified atom stereocenters. The van der Waals surface area contributed by atoms with Crippen molar-refractivity contribution in [1.29, 1.82) is 0 Å². The van der Waals surface area contributed by atoms with E-state index >= 15 is 0 Å². The van der Waals surface area contributed by atoms with Gasteiger partial charge >= 0.3 is 6.36 Å². The van der Waals surface area contributed by atoms with Crippen LogP contribution in [0.4, 0.5) is 17.6 Å². The summed E-state index contributed by atoms with van der Waals surface area (Å²) in [5, 5.41) is 2.56. The van der Waals surface area contributed by atoms with Gasteiger partial charge in [-0.25, -0.2) is 9.37 Å². The zero-order valence-corrected chi connectivity index (χ0v) is 16.0. The fourth-order valence-corrected chi connectivity index (χ4v) is 3.03. The van der Waals surface area contributed by atoms with E-state index in [0.29, 0.717) is 11.7 Å². The van der Waals surface area contributed by atoms with Crippen LogP contribution in [0.15, 0.2) is 29.1 Å². The van der Waals surface area contributed by atoms with Crippen LogP contribution in [0.2, 0.25) is 0 Å². The molecule has 1 aromatic carbocycles. The maximum absolute atomic E-state index is 14.0. The molecule has 1 aromatic heterocycles. The highest BCUT2D eigenvalue weighted by molar-refractivity contribution is 5.92. The summed E-state index contributed by atoms with van der Waals surface area (Å²) in [6.45, 7) is 1.90. The van der Waals surface area contributed by atoms with Crippen LogP contribution in [0.25, 0.3) is 0 Å². The van der Waals surface area contributed by atoms with E-state index in [-0.39, 0.29) is 23.8 Å². The van der Waals surface area contributed by atoms with Gasteiger partial charge in [-0.1, -0.05) is 13.0 Å². The Balaban J connectivity index is 1.80. The van der Waals surface area contributed by atoms with Gasteiger partial charge in [0, 0.05) is 19.1 Å². The van der Waals surface area contributed by atoms with Gasteiger partial charge in [-0.05, 0) is 30.0 Å². The number of nitrogens with zero attached hydrogens (tertiary/aromatic N) is 1. The summed E-state index contributed by atoms with van der Waals surface area (Å²) in [7, 11) is 1.34. The average Bonchev–Trinajstić information content (AvgIpc) is 3.38. The average molecular weight is 429 g/mol. The van der Waals surface area contributed by atoms with Crippen LogP contribution < -0.4 is 15.6 Å². The molecule has 0 aliphatic heterocycles. The number of carbonyl (C=O) groups is 1. The Morgan fingerprint density at radius 1 is 1.37 bits per heavy atom. The number of ether oxygens (including phenoxy) is 2. The first-order chi connectivity index (χ1) is 14.1. The lowest BCUT2D eigenvalue weighted by Gasteiger charge is -2.19. The molecule has 3 atom stereocenters. The molecule has 2 N–H and O–H groups in total. The van der Waals surface area contributed by atoms with Crippen molar-refractivity contribution in [2.75, 3.05) is 13.7 Å². The van der Waals surface area contributed by atoms with Crippen LogP contribution in [-0.4, -0.2) is 36.0 Å². The largest absolute Gasteiger partial charge is 0.573 e. The summed E-state index contributed by atoms with van der Waals surface area (Å²) in [5.74, 6) is -2.09. The molecule has 0 spiro atoms. The number of hydrogen-bond acceptors (Lipinski definition) is 5. The van der Waals surface area contributed by atoms with Gasteiger partial charge in [0.25, 0.3) is 11.5 Å². The molecule has 7 nitrogen and oxygen atoms in total. The predicted octanol–water partition coefficient (Wildman–Crippen LogP) is 3.05. The summed E-state index contributed by atoms with van der Waals surface area (Å²) in [6, 6.07) is 2.94. The van der Waals surface area contributed by atoms with Crippen molar-refractivity contribution in [2.45, 2.75) is 31.7 Å². The topological polar surface area (TPSA) is 93.3 Å². The lowest BCUT2D eigenvalue weighted by molar-refractivity contribution is -0.275. The first-order valence-corrected chi connectivity index (χ1v) is 9.03. The Morgan fingerprint density at radius 3 is 2.63 bits per heavy atom. The van der Waals surface area contributed by atoms with Crippen LogP contribution >= 0.6 is 0 Å². The van der Waals surface area contributed by atoms with E-state index in [1.807, 2.05) is 6.92 Å². The fourth-order valence-electron chi connectivity index (χ4n) is 3.03. The Labute approximate surface area is 168 Å². The molecule has 2 aromatic rings. The zero-order valence-electron chi connectivity index (χ0n) is 16.0. The number of alkyl halides is 3. The van der Waals surface area contributed by atoms with E-state index < -0.39 is 35.4 Å². The monoisotopic (exact) mass is 429 g/mol. The molecule has 11 heteroatoms. The first kappa shape index (κ1) is 21.8. The number of rotatable bonds is 7. The van der Waals surface area contributed by atoms with Gasteiger partial charge in [-0.3, -0.25) is 9.59 Å². The zero-order chi connectivity index (χ0) is 22.1. The highest BCUT2D eigenvalue weighted by Gasteiger charge is 2.37. The van der Waals surface area contributed by atoms with Crippen LogP contribution in [0, 0.1) is 11.7 Å². The second kappa shape index (κ2) is 8.42. The van der Waals surface area contributed by atoms with Crippen molar-refractivity contribution in [3.8, 4) is 5.75 Å². The molecule has 1 amide bonds. The minimum atomic E-state index is -5.04. The maximum atomic E-state index is 14.0. The molecule has 1 aliphatic carbocycles.